The Kier molecular flexibility index (Phi) is 4.73. The summed E-state index contributed by atoms with van der Waals surface area (Å²) >= 11 is 0. The van der Waals surface area contributed by atoms with E-state index in [0.717, 1.165) is 0 Å². The highest BCUT2D eigenvalue weighted by Gasteiger charge is 2.25. The Morgan fingerprint density at radius 2 is 1.95 bits per heavy atom. The topological polar surface area (TPSA) is 102 Å². The Bertz CT molecular complexity index is 569. The Morgan fingerprint density at radius 1 is 1.32 bits per heavy atom. The van der Waals surface area contributed by atoms with Gasteiger partial charge in [0, 0.05) is 6.07 Å². The molecular formula is C11H15NO6S. The molecule has 0 bridgehead atoms. The van der Waals surface area contributed by atoms with Crippen molar-refractivity contribution in [3.8, 4) is 11.5 Å². The van der Waals surface area contributed by atoms with Gasteiger partial charge in [0.15, 0.2) is 0 Å². The molecule has 0 unspecified atom stereocenters. The first-order valence-corrected chi connectivity index (χ1v) is 6.77. The molecule has 1 aromatic rings. The minimum absolute atomic E-state index is 0.103. The van der Waals surface area contributed by atoms with Gasteiger partial charge in [0.2, 0.25) is 10.0 Å². The maximum atomic E-state index is 12.1. The van der Waals surface area contributed by atoms with Crippen molar-refractivity contribution < 1.29 is 27.8 Å². The number of hydrogen-bond acceptors (Lipinski definition) is 5. The van der Waals surface area contributed by atoms with Crippen molar-refractivity contribution in [2.45, 2.75) is 17.9 Å². The number of sulfonamides is 1. The van der Waals surface area contributed by atoms with Crippen LogP contribution in [0.3, 0.4) is 0 Å². The average Bonchev–Trinajstić information content (AvgIpc) is 2.37. The molecule has 7 nitrogen and oxygen atoms in total. The third kappa shape index (κ3) is 3.58. The summed E-state index contributed by atoms with van der Waals surface area (Å²) in [5.41, 5.74) is 0. The Hall–Kier alpha value is -1.80. The molecule has 8 heteroatoms. The monoisotopic (exact) mass is 289 g/mol. The van der Waals surface area contributed by atoms with E-state index < -0.39 is 22.0 Å². The third-order valence-corrected chi connectivity index (χ3v) is 3.92. The van der Waals surface area contributed by atoms with Gasteiger partial charge in [0.25, 0.3) is 0 Å². The summed E-state index contributed by atoms with van der Waals surface area (Å²) in [5, 5.41) is 8.74. The lowest BCUT2D eigenvalue weighted by Crippen LogP contribution is -2.38. The van der Waals surface area contributed by atoms with E-state index in [9.17, 15) is 13.2 Å². The van der Waals surface area contributed by atoms with Gasteiger partial charge < -0.3 is 14.6 Å². The molecule has 0 aromatic heterocycles. The summed E-state index contributed by atoms with van der Waals surface area (Å²) in [4.78, 5) is 10.5. The van der Waals surface area contributed by atoms with Crippen molar-refractivity contribution >= 4 is 16.0 Å². The summed E-state index contributed by atoms with van der Waals surface area (Å²) in [7, 11) is -1.30. The van der Waals surface area contributed by atoms with Gasteiger partial charge in [-0.05, 0) is 19.1 Å². The molecule has 106 valence electrons. The number of methoxy groups -OCH3 is 2. The van der Waals surface area contributed by atoms with Gasteiger partial charge >= 0.3 is 5.97 Å². The van der Waals surface area contributed by atoms with Crippen molar-refractivity contribution in [2.24, 2.45) is 0 Å². The molecule has 0 aliphatic rings. The molecule has 0 spiro atoms. The van der Waals surface area contributed by atoms with Crippen LogP contribution in [-0.4, -0.2) is 39.8 Å². The molecule has 1 atom stereocenters. The first-order chi connectivity index (χ1) is 8.81. The number of nitrogens with one attached hydrogen (secondary N) is 1. The second kappa shape index (κ2) is 5.89. The van der Waals surface area contributed by atoms with Crippen LogP contribution in [0.25, 0.3) is 0 Å². The predicted molar refractivity (Wildman–Crippen MR) is 67.0 cm³/mol. The van der Waals surface area contributed by atoms with E-state index in [1.165, 1.54) is 33.3 Å². The highest BCUT2D eigenvalue weighted by atomic mass is 32.2. The summed E-state index contributed by atoms with van der Waals surface area (Å²) in [6, 6.07) is 2.98. The first kappa shape index (κ1) is 15.3. The van der Waals surface area contributed by atoms with E-state index in [4.69, 9.17) is 14.6 Å². The Morgan fingerprint density at radius 3 is 2.42 bits per heavy atom. The SMILES string of the molecule is COc1ccc(OC)c(S(=O)(=O)N[C@H](C)C(=O)O)c1. The summed E-state index contributed by atoms with van der Waals surface area (Å²) < 4.78 is 36.1. The van der Waals surface area contributed by atoms with Crippen LogP contribution < -0.4 is 14.2 Å². The normalized spacial score (nSPS) is 12.8. The largest absolute Gasteiger partial charge is 0.497 e. The summed E-state index contributed by atoms with van der Waals surface area (Å²) in [6.45, 7) is 1.23. The summed E-state index contributed by atoms with van der Waals surface area (Å²) in [6.07, 6.45) is 0. The highest BCUT2D eigenvalue weighted by molar-refractivity contribution is 7.89. The van der Waals surface area contributed by atoms with Gasteiger partial charge in [-0.15, -0.1) is 0 Å². The number of benzene rings is 1. The van der Waals surface area contributed by atoms with Crippen molar-refractivity contribution in [2.75, 3.05) is 14.2 Å². The molecule has 19 heavy (non-hydrogen) atoms. The summed E-state index contributed by atoms with van der Waals surface area (Å²) in [5.74, 6) is -0.847. The van der Waals surface area contributed by atoms with E-state index in [1.54, 1.807) is 6.07 Å². The molecule has 0 saturated carbocycles. The van der Waals surface area contributed by atoms with Gasteiger partial charge in [-0.25, -0.2) is 8.42 Å². The smallest absolute Gasteiger partial charge is 0.321 e. The third-order valence-electron chi connectivity index (χ3n) is 2.36. The lowest BCUT2D eigenvalue weighted by Gasteiger charge is -2.14. The lowest BCUT2D eigenvalue weighted by molar-refractivity contribution is -0.138. The number of hydrogen-bond donors (Lipinski definition) is 2. The zero-order chi connectivity index (χ0) is 14.6. The van der Waals surface area contributed by atoms with Gasteiger partial charge in [0.05, 0.1) is 14.2 Å². The molecule has 1 rings (SSSR count). The van der Waals surface area contributed by atoms with E-state index in [2.05, 4.69) is 0 Å². The zero-order valence-electron chi connectivity index (χ0n) is 10.7. The molecule has 0 aliphatic carbocycles. The van der Waals surface area contributed by atoms with E-state index in [-0.39, 0.29) is 10.6 Å². The molecule has 2 N–H and O–H groups in total. The number of carboxylic acid groups (broad SMARTS) is 1. The first-order valence-electron chi connectivity index (χ1n) is 5.29. The van der Waals surface area contributed by atoms with Crippen LogP contribution in [0, 0.1) is 0 Å². The predicted octanol–water partition coefficient (Wildman–Crippen LogP) is 0.455. The van der Waals surface area contributed by atoms with Crippen LogP contribution in [0.2, 0.25) is 0 Å². The van der Waals surface area contributed by atoms with Crippen molar-refractivity contribution in [3.05, 3.63) is 18.2 Å². The maximum Gasteiger partial charge on any atom is 0.321 e. The lowest BCUT2D eigenvalue weighted by atomic mass is 10.3. The molecule has 0 amide bonds. The highest BCUT2D eigenvalue weighted by Crippen LogP contribution is 2.28. The van der Waals surface area contributed by atoms with E-state index in [1.807, 2.05) is 4.72 Å². The zero-order valence-corrected chi connectivity index (χ0v) is 11.5. The Balaban J connectivity index is 3.22. The molecule has 1 aromatic carbocycles. The van der Waals surface area contributed by atoms with Gasteiger partial charge in [-0.2, -0.15) is 4.72 Å². The molecular weight excluding hydrogens is 274 g/mol. The number of rotatable bonds is 6. The molecule has 0 fully saturated rings. The minimum atomic E-state index is -4.02. The minimum Gasteiger partial charge on any atom is -0.497 e. The van der Waals surface area contributed by atoms with Crippen LogP contribution in [0.4, 0.5) is 0 Å². The Labute approximate surface area is 111 Å². The standard InChI is InChI=1S/C11H15NO6S/c1-7(11(13)14)12-19(15,16)10-6-8(17-2)4-5-9(10)18-3/h4-7,12H,1-3H3,(H,13,14)/t7-/m1/s1. The van der Waals surface area contributed by atoms with E-state index >= 15 is 0 Å². The molecule has 0 heterocycles. The fraction of sp³-hybridized carbons (Fsp3) is 0.364. The molecule has 0 saturated heterocycles. The van der Waals surface area contributed by atoms with Crippen LogP contribution in [0.5, 0.6) is 11.5 Å². The number of carbonyl (C=O) groups is 1. The second-order valence-electron chi connectivity index (χ2n) is 3.70. The quantitative estimate of drug-likeness (QED) is 0.788. The van der Waals surface area contributed by atoms with Crippen LogP contribution >= 0.6 is 0 Å². The fourth-order valence-electron chi connectivity index (χ4n) is 1.34. The van der Waals surface area contributed by atoms with Crippen molar-refractivity contribution in [1.29, 1.82) is 0 Å². The van der Waals surface area contributed by atoms with E-state index in [0.29, 0.717) is 5.75 Å². The van der Waals surface area contributed by atoms with Crippen molar-refractivity contribution in [1.82, 2.24) is 4.72 Å². The fourth-order valence-corrected chi connectivity index (χ4v) is 2.72. The number of ether oxygens (including phenoxy) is 2. The van der Waals surface area contributed by atoms with Gasteiger partial charge in [-0.1, -0.05) is 0 Å². The number of carboxylic acids is 1. The van der Waals surface area contributed by atoms with Crippen LogP contribution in [0.1, 0.15) is 6.92 Å². The molecule has 0 radical (unpaired) electrons. The van der Waals surface area contributed by atoms with Crippen molar-refractivity contribution in [3.63, 3.8) is 0 Å². The van der Waals surface area contributed by atoms with Crippen LogP contribution in [0.15, 0.2) is 23.1 Å². The van der Waals surface area contributed by atoms with Crippen LogP contribution in [-0.2, 0) is 14.8 Å². The number of aliphatic carboxylic acids is 1. The maximum absolute atomic E-state index is 12.1. The molecule has 0 aliphatic heterocycles. The average molecular weight is 289 g/mol. The second-order valence-corrected chi connectivity index (χ2v) is 5.38. The van der Waals surface area contributed by atoms with Gasteiger partial charge in [-0.3, -0.25) is 4.79 Å². The van der Waals surface area contributed by atoms with Gasteiger partial charge in [0.1, 0.15) is 22.4 Å².